The van der Waals surface area contributed by atoms with Crippen molar-refractivity contribution >= 4 is 5.82 Å². The summed E-state index contributed by atoms with van der Waals surface area (Å²) in [5, 5.41) is 7.33. The Bertz CT molecular complexity index is 268. The second kappa shape index (κ2) is 2.81. The van der Waals surface area contributed by atoms with Gasteiger partial charge in [-0.05, 0) is 0 Å². The zero-order chi connectivity index (χ0) is 9.35. The molecule has 0 aliphatic carbocycles. The van der Waals surface area contributed by atoms with Crippen LogP contribution in [0, 0.1) is 0 Å². The number of aromatic nitrogens is 2. The van der Waals surface area contributed by atoms with Crippen molar-refractivity contribution in [3.8, 4) is 0 Å². The van der Waals surface area contributed by atoms with Gasteiger partial charge in [0.2, 0.25) is 0 Å². The van der Waals surface area contributed by atoms with Crippen LogP contribution in [0.25, 0.3) is 0 Å². The summed E-state index contributed by atoms with van der Waals surface area (Å²) in [5.41, 5.74) is 1.41. The van der Waals surface area contributed by atoms with Gasteiger partial charge >= 0.3 is 0 Å². The Morgan fingerprint density at radius 3 is 2.25 bits per heavy atom. The van der Waals surface area contributed by atoms with Gasteiger partial charge in [0.1, 0.15) is 5.82 Å². The third kappa shape index (κ3) is 1.60. The molecule has 0 saturated heterocycles. The maximum atomic E-state index is 4.30. The van der Waals surface area contributed by atoms with E-state index in [1.54, 1.807) is 0 Å². The van der Waals surface area contributed by atoms with Crippen LogP contribution >= 0.6 is 0 Å². The molecule has 3 heteroatoms. The molecule has 0 fully saturated rings. The first-order valence-corrected chi connectivity index (χ1v) is 4.17. The first-order valence-electron chi connectivity index (χ1n) is 4.17. The van der Waals surface area contributed by atoms with Gasteiger partial charge in [-0.25, -0.2) is 0 Å². The van der Waals surface area contributed by atoms with Crippen LogP contribution < -0.4 is 5.32 Å². The van der Waals surface area contributed by atoms with E-state index in [0.717, 1.165) is 5.82 Å². The van der Waals surface area contributed by atoms with Gasteiger partial charge in [0.05, 0.1) is 0 Å². The average Bonchev–Trinajstić information content (AvgIpc) is 2.29. The molecule has 1 rings (SSSR count). The van der Waals surface area contributed by atoms with E-state index >= 15 is 0 Å². The van der Waals surface area contributed by atoms with Gasteiger partial charge in [-0.2, -0.15) is 5.10 Å². The summed E-state index contributed by atoms with van der Waals surface area (Å²) in [6, 6.07) is 2.08. The molecule has 0 amide bonds. The van der Waals surface area contributed by atoms with Crippen LogP contribution in [0.3, 0.4) is 0 Å². The SMILES string of the molecule is CNc1cc(C(C)(C)C)n(C)n1. The fourth-order valence-corrected chi connectivity index (χ4v) is 1.29. The van der Waals surface area contributed by atoms with Crippen molar-refractivity contribution in [2.75, 3.05) is 12.4 Å². The Morgan fingerprint density at radius 2 is 2.00 bits per heavy atom. The van der Waals surface area contributed by atoms with E-state index in [-0.39, 0.29) is 5.41 Å². The first kappa shape index (κ1) is 9.10. The number of anilines is 1. The Kier molecular flexibility index (Phi) is 2.13. The van der Waals surface area contributed by atoms with Gasteiger partial charge in [-0.1, -0.05) is 20.8 Å². The number of nitrogens with zero attached hydrogens (tertiary/aromatic N) is 2. The largest absolute Gasteiger partial charge is 0.372 e. The minimum Gasteiger partial charge on any atom is -0.372 e. The third-order valence-corrected chi connectivity index (χ3v) is 1.90. The zero-order valence-electron chi connectivity index (χ0n) is 8.47. The lowest BCUT2D eigenvalue weighted by Gasteiger charge is -2.17. The second-order valence-electron chi connectivity index (χ2n) is 4.04. The smallest absolute Gasteiger partial charge is 0.148 e. The molecular formula is C9H17N3. The van der Waals surface area contributed by atoms with Crippen LogP contribution in [0.1, 0.15) is 26.5 Å². The van der Waals surface area contributed by atoms with Crippen molar-refractivity contribution < 1.29 is 0 Å². The van der Waals surface area contributed by atoms with E-state index in [1.165, 1.54) is 5.69 Å². The molecule has 12 heavy (non-hydrogen) atoms. The van der Waals surface area contributed by atoms with Crippen LogP contribution in [0.5, 0.6) is 0 Å². The molecule has 0 atom stereocenters. The molecule has 0 unspecified atom stereocenters. The molecule has 0 spiro atoms. The van der Waals surface area contributed by atoms with Gasteiger partial charge in [-0.3, -0.25) is 4.68 Å². The van der Waals surface area contributed by atoms with E-state index in [1.807, 2.05) is 18.8 Å². The fourth-order valence-electron chi connectivity index (χ4n) is 1.29. The fraction of sp³-hybridized carbons (Fsp3) is 0.667. The summed E-state index contributed by atoms with van der Waals surface area (Å²) < 4.78 is 1.92. The van der Waals surface area contributed by atoms with Crippen LogP contribution in [0.4, 0.5) is 5.82 Å². The molecule has 0 radical (unpaired) electrons. The lowest BCUT2D eigenvalue weighted by molar-refractivity contribution is 0.523. The Balaban J connectivity index is 3.08. The standard InChI is InChI=1S/C9H17N3/c1-9(2,3)7-6-8(10-4)11-12(7)5/h6H,1-5H3,(H,10,11). The first-order chi connectivity index (χ1) is 5.45. The molecule has 1 aromatic rings. The Morgan fingerprint density at radius 1 is 1.42 bits per heavy atom. The van der Waals surface area contributed by atoms with Gasteiger partial charge in [0, 0.05) is 31.3 Å². The van der Waals surface area contributed by atoms with Crippen molar-refractivity contribution in [1.82, 2.24) is 9.78 Å². The molecule has 1 N–H and O–H groups in total. The minimum atomic E-state index is 0.164. The topological polar surface area (TPSA) is 29.9 Å². The lowest BCUT2D eigenvalue weighted by atomic mass is 9.92. The second-order valence-corrected chi connectivity index (χ2v) is 4.04. The van der Waals surface area contributed by atoms with E-state index in [9.17, 15) is 0 Å². The summed E-state index contributed by atoms with van der Waals surface area (Å²) in [6.45, 7) is 6.55. The van der Waals surface area contributed by atoms with Gasteiger partial charge in [0.15, 0.2) is 0 Å². The molecule has 68 valence electrons. The van der Waals surface area contributed by atoms with E-state index in [2.05, 4.69) is 37.3 Å². The van der Waals surface area contributed by atoms with Crippen LogP contribution in [0.15, 0.2) is 6.07 Å². The maximum absolute atomic E-state index is 4.30. The van der Waals surface area contributed by atoms with Crippen molar-refractivity contribution in [3.05, 3.63) is 11.8 Å². The predicted octanol–water partition coefficient (Wildman–Crippen LogP) is 1.76. The monoisotopic (exact) mass is 167 g/mol. The molecule has 0 saturated carbocycles. The quantitative estimate of drug-likeness (QED) is 0.690. The lowest BCUT2D eigenvalue weighted by Crippen LogP contribution is -2.16. The van der Waals surface area contributed by atoms with Crippen molar-refractivity contribution in [3.63, 3.8) is 0 Å². The van der Waals surface area contributed by atoms with Gasteiger partial charge in [-0.15, -0.1) is 0 Å². The number of aryl methyl sites for hydroxylation is 1. The van der Waals surface area contributed by atoms with Crippen LogP contribution in [-0.4, -0.2) is 16.8 Å². The van der Waals surface area contributed by atoms with E-state index in [4.69, 9.17) is 0 Å². The summed E-state index contributed by atoms with van der Waals surface area (Å²) in [4.78, 5) is 0. The summed E-state index contributed by atoms with van der Waals surface area (Å²) in [5.74, 6) is 0.933. The summed E-state index contributed by atoms with van der Waals surface area (Å²) in [6.07, 6.45) is 0. The number of hydrogen-bond donors (Lipinski definition) is 1. The molecule has 3 nitrogen and oxygen atoms in total. The zero-order valence-corrected chi connectivity index (χ0v) is 8.47. The number of rotatable bonds is 1. The highest BCUT2D eigenvalue weighted by Crippen LogP contribution is 2.23. The minimum absolute atomic E-state index is 0.164. The van der Waals surface area contributed by atoms with E-state index in [0.29, 0.717) is 0 Å². The van der Waals surface area contributed by atoms with Gasteiger partial charge in [0.25, 0.3) is 0 Å². The van der Waals surface area contributed by atoms with Crippen LogP contribution in [0.2, 0.25) is 0 Å². The maximum Gasteiger partial charge on any atom is 0.148 e. The van der Waals surface area contributed by atoms with Crippen molar-refractivity contribution in [2.45, 2.75) is 26.2 Å². The molecule has 0 aliphatic rings. The summed E-state index contributed by atoms with van der Waals surface area (Å²) in [7, 11) is 3.86. The Labute approximate surface area is 73.8 Å². The predicted molar refractivity (Wildman–Crippen MR) is 51.5 cm³/mol. The molecule has 0 aromatic carbocycles. The highest BCUT2D eigenvalue weighted by molar-refractivity contribution is 5.37. The Hall–Kier alpha value is -0.990. The molecule has 0 bridgehead atoms. The molecule has 0 aliphatic heterocycles. The van der Waals surface area contributed by atoms with Crippen molar-refractivity contribution in [2.24, 2.45) is 7.05 Å². The highest BCUT2D eigenvalue weighted by atomic mass is 15.3. The van der Waals surface area contributed by atoms with Gasteiger partial charge < -0.3 is 5.32 Å². The molecular weight excluding hydrogens is 150 g/mol. The summed E-state index contributed by atoms with van der Waals surface area (Å²) >= 11 is 0. The molecule has 1 aromatic heterocycles. The number of hydrogen-bond acceptors (Lipinski definition) is 2. The highest BCUT2D eigenvalue weighted by Gasteiger charge is 2.18. The molecule has 1 heterocycles. The third-order valence-electron chi connectivity index (χ3n) is 1.90. The average molecular weight is 167 g/mol. The normalized spacial score (nSPS) is 11.8. The number of nitrogens with one attached hydrogen (secondary N) is 1. The van der Waals surface area contributed by atoms with Crippen LogP contribution in [-0.2, 0) is 12.5 Å². The van der Waals surface area contributed by atoms with Crippen molar-refractivity contribution in [1.29, 1.82) is 0 Å². The van der Waals surface area contributed by atoms with E-state index < -0.39 is 0 Å².